The second-order valence-corrected chi connectivity index (χ2v) is 5.08. The van der Waals surface area contributed by atoms with Gasteiger partial charge in [0.2, 0.25) is 0 Å². The van der Waals surface area contributed by atoms with Crippen molar-refractivity contribution in [3.8, 4) is 0 Å². The van der Waals surface area contributed by atoms with E-state index in [1.54, 1.807) is 6.07 Å². The molecule has 0 radical (unpaired) electrons. The van der Waals surface area contributed by atoms with Gasteiger partial charge in [-0.1, -0.05) is 22.0 Å². The van der Waals surface area contributed by atoms with Gasteiger partial charge >= 0.3 is 0 Å². The predicted molar refractivity (Wildman–Crippen MR) is 79.9 cm³/mol. The number of aryl methyl sites for hydroxylation is 1. The minimum atomic E-state index is -0.527. The van der Waals surface area contributed by atoms with Crippen molar-refractivity contribution in [3.63, 3.8) is 0 Å². The Morgan fingerprint density at radius 1 is 1.25 bits per heavy atom. The molecule has 0 aliphatic rings. The molecule has 0 fully saturated rings. The summed E-state index contributed by atoms with van der Waals surface area (Å²) < 4.78 is 0.950. The van der Waals surface area contributed by atoms with E-state index >= 15 is 0 Å². The summed E-state index contributed by atoms with van der Waals surface area (Å²) in [5.74, 6) is -0.379. The second-order valence-electron chi connectivity index (χ2n) is 4.23. The molecule has 0 bridgehead atoms. The number of nitrogens with one attached hydrogen (secondary N) is 1. The molecular weight excluding hydrogens is 324 g/mol. The van der Waals surface area contributed by atoms with Crippen LogP contribution in [0.3, 0.4) is 0 Å². The first-order valence-electron chi connectivity index (χ1n) is 5.79. The highest BCUT2D eigenvalue weighted by Gasteiger charge is 2.11. The molecule has 20 heavy (non-hydrogen) atoms. The Bertz CT molecular complexity index is 686. The van der Waals surface area contributed by atoms with Crippen molar-refractivity contribution < 1.29 is 9.72 Å². The molecule has 0 aliphatic heterocycles. The quantitative estimate of drug-likeness (QED) is 0.683. The average Bonchev–Trinajstić information content (AvgIpc) is 2.43. The minimum absolute atomic E-state index is 0.107. The summed E-state index contributed by atoms with van der Waals surface area (Å²) in [7, 11) is 0. The van der Waals surface area contributed by atoms with Crippen LogP contribution in [0.15, 0.2) is 46.9 Å². The average molecular weight is 335 g/mol. The normalized spacial score (nSPS) is 10.1. The number of non-ortho nitro benzene ring substituents is 1. The van der Waals surface area contributed by atoms with E-state index in [0.717, 1.165) is 10.0 Å². The number of nitro benzene ring substituents is 1. The van der Waals surface area contributed by atoms with Gasteiger partial charge in [-0.05, 0) is 36.8 Å². The number of anilines is 1. The topological polar surface area (TPSA) is 72.2 Å². The monoisotopic (exact) mass is 334 g/mol. The van der Waals surface area contributed by atoms with Gasteiger partial charge in [-0.15, -0.1) is 0 Å². The summed E-state index contributed by atoms with van der Waals surface area (Å²) in [5.41, 5.74) is 1.77. The Morgan fingerprint density at radius 3 is 2.65 bits per heavy atom. The third kappa shape index (κ3) is 3.21. The Kier molecular flexibility index (Phi) is 4.14. The molecular formula is C14H11BrN2O3. The number of carbonyl (C=O) groups excluding carboxylic acids is 1. The number of hydrogen-bond acceptors (Lipinski definition) is 3. The van der Waals surface area contributed by atoms with E-state index in [4.69, 9.17) is 0 Å². The molecule has 2 rings (SSSR count). The molecule has 1 N–H and O–H groups in total. The van der Waals surface area contributed by atoms with Crippen LogP contribution < -0.4 is 5.32 Å². The first kappa shape index (κ1) is 14.2. The summed E-state index contributed by atoms with van der Waals surface area (Å²) in [6, 6.07) is 11.0. The van der Waals surface area contributed by atoms with Gasteiger partial charge < -0.3 is 5.32 Å². The number of hydrogen-bond donors (Lipinski definition) is 1. The molecule has 0 spiro atoms. The second kappa shape index (κ2) is 5.83. The molecule has 2 aromatic rings. The van der Waals surface area contributed by atoms with Gasteiger partial charge in [-0.3, -0.25) is 14.9 Å². The number of nitro groups is 1. The summed E-state index contributed by atoms with van der Waals surface area (Å²) in [5, 5.41) is 13.4. The van der Waals surface area contributed by atoms with Crippen LogP contribution in [-0.4, -0.2) is 10.8 Å². The third-order valence-electron chi connectivity index (χ3n) is 2.73. The number of rotatable bonds is 3. The molecule has 0 saturated heterocycles. The van der Waals surface area contributed by atoms with Crippen molar-refractivity contribution in [2.45, 2.75) is 6.92 Å². The molecule has 0 atom stereocenters. The van der Waals surface area contributed by atoms with Gasteiger partial charge in [0.05, 0.1) is 4.92 Å². The van der Waals surface area contributed by atoms with Crippen LogP contribution in [0.2, 0.25) is 0 Å². The summed E-state index contributed by atoms with van der Waals surface area (Å²) in [6.07, 6.45) is 0. The molecule has 5 nitrogen and oxygen atoms in total. The fraction of sp³-hybridized carbons (Fsp3) is 0.0714. The predicted octanol–water partition coefficient (Wildman–Crippen LogP) is 3.92. The third-order valence-corrected chi connectivity index (χ3v) is 3.62. The standard InChI is InChI=1S/C14H11BrN2O3/c1-9-7-11(5-6-13(9)15)16-14(18)10-3-2-4-12(8-10)17(19)20/h2-8H,1H3,(H,16,18). The lowest BCUT2D eigenvalue weighted by atomic mass is 10.1. The van der Waals surface area contributed by atoms with Crippen LogP contribution in [-0.2, 0) is 0 Å². The van der Waals surface area contributed by atoms with Gasteiger partial charge in [0.1, 0.15) is 0 Å². The summed E-state index contributed by atoms with van der Waals surface area (Å²) >= 11 is 3.38. The van der Waals surface area contributed by atoms with Crippen molar-refractivity contribution >= 4 is 33.2 Å². The van der Waals surface area contributed by atoms with Crippen LogP contribution in [0.1, 0.15) is 15.9 Å². The van der Waals surface area contributed by atoms with Crippen LogP contribution in [0.4, 0.5) is 11.4 Å². The first-order valence-corrected chi connectivity index (χ1v) is 6.58. The van der Waals surface area contributed by atoms with Crippen molar-refractivity contribution in [1.29, 1.82) is 0 Å². The number of benzene rings is 2. The lowest BCUT2D eigenvalue weighted by Gasteiger charge is -2.07. The van der Waals surface area contributed by atoms with E-state index in [9.17, 15) is 14.9 Å². The minimum Gasteiger partial charge on any atom is -0.322 e. The largest absolute Gasteiger partial charge is 0.322 e. The first-order chi connectivity index (χ1) is 9.47. The highest BCUT2D eigenvalue weighted by molar-refractivity contribution is 9.10. The van der Waals surface area contributed by atoms with E-state index in [0.29, 0.717) is 5.69 Å². The zero-order valence-corrected chi connectivity index (χ0v) is 12.2. The van der Waals surface area contributed by atoms with Crippen LogP contribution >= 0.6 is 15.9 Å². The van der Waals surface area contributed by atoms with Gasteiger partial charge in [-0.2, -0.15) is 0 Å². The fourth-order valence-electron chi connectivity index (χ4n) is 1.69. The number of halogens is 1. The Labute approximate surface area is 123 Å². The molecule has 0 aromatic heterocycles. The highest BCUT2D eigenvalue weighted by Crippen LogP contribution is 2.21. The number of amides is 1. The molecule has 0 saturated carbocycles. The molecule has 0 aliphatic carbocycles. The van der Waals surface area contributed by atoms with Crippen molar-refractivity contribution in [2.75, 3.05) is 5.32 Å². The van der Waals surface area contributed by atoms with E-state index in [1.165, 1.54) is 24.3 Å². The fourth-order valence-corrected chi connectivity index (χ4v) is 1.93. The Morgan fingerprint density at radius 2 is 2.00 bits per heavy atom. The zero-order valence-electron chi connectivity index (χ0n) is 10.6. The molecule has 0 heterocycles. The molecule has 6 heteroatoms. The van der Waals surface area contributed by atoms with E-state index in [-0.39, 0.29) is 17.2 Å². The van der Waals surface area contributed by atoms with E-state index < -0.39 is 4.92 Å². The van der Waals surface area contributed by atoms with Crippen LogP contribution in [0.5, 0.6) is 0 Å². The smallest absolute Gasteiger partial charge is 0.270 e. The van der Waals surface area contributed by atoms with Crippen molar-refractivity contribution in [2.24, 2.45) is 0 Å². The lowest BCUT2D eigenvalue weighted by Crippen LogP contribution is -2.12. The van der Waals surface area contributed by atoms with Gasteiger partial charge in [0.25, 0.3) is 11.6 Å². The maximum Gasteiger partial charge on any atom is 0.270 e. The van der Waals surface area contributed by atoms with Crippen LogP contribution in [0.25, 0.3) is 0 Å². The molecule has 1 amide bonds. The lowest BCUT2D eigenvalue weighted by molar-refractivity contribution is -0.384. The van der Waals surface area contributed by atoms with Crippen molar-refractivity contribution in [3.05, 3.63) is 68.2 Å². The Hall–Kier alpha value is -2.21. The van der Waals surface area contributed by atoms with Gasteiger partial charge in [0.15, 0.2) is 0 Å². The zero-order chi connectivity index (χ0) is 14.7. The van der Waals surface area contributed by atoms with Crippen LogP contribution in [0, 0.1) is 17.0 Å². The van der Waals surface area contributed by atoms with Gasteiger partial charge in [0, 0.05) is 27.9 Å². The SMILES string of the molecule is Cc1cc(NC(=O)c2cccc([N+](=O)[O-])c2)ccc1Br. The summed E-state index contributed by atoms with van der Waals surface area (Å²) in [4.78, 5) is 22.2. The molecule has 2 aromatic carbocycles. The van der Waals surface area contributed by atoms with Crippen molar-refractivity contribution in [1.82, 2.24) is 0 Å². The van der Waals surface area contributed by atoms with E-state index in [2.05, 4.69) is 21.2 Å². The molecule has 102 valence electrons. The highest BCUT2D eigenvalue weighted by atomic mass is 79.9. The summed E-state index contributed by atoms with van der Waals surface area (Å²) in [6.45, 7) is 1.91. The maximum atomic E-state index is 12.0. The Balaban J connectivity index is 2.21. The maximum absolute atomic E-state index is 12.0. The van der Waals surface area contributed by atoms with Gasteiger partial charge in [-0.25, -0.2) is 0 Å². The molecule has 0 unspecified atom stereocenters. The number of carbonyl (C=O) groups is 1. The van der Waals surface area contributed by atoms with E-state index in [1.807, 2.05) is 19.1 Å². The number of nitrogens with zero attached hydrogens (tertiary/aromatic N) is 1.